The Hall–Kier alpha value is -10.2. The van der Waals surface area contributed by atoms with Crippen molar-refractivity contribution in [2.75, 3.05) is 256 Å². The molecule has 8 amide bonds. The van der Waals surface area contributed by atoms with Gasteiger partial charge in [-0.15, -0.1) is 0 Å². The predicted octanol–water partition coefficient (Wildman–Crippen LogP) is 5.95. The summed E-state index contributed by atoms with van der Waals surface area (Å²) in [5.41, 5.74) is 13.1. The van der Waals surface area contributed by atoms with Gasteiger partial charge in [-0.3, -0.25) is 38.8 Å². The summed E-state index contributed by atoms with van der Waals surface area (Å²) >= 11 is 0. The SMILES string of the molecule is CC(C)(C)OC(=O)NCCOCCOCCNC(=O)CN1CCN(CC(=O)NCCOCCOCCNC(=O)OCC2c3ccccc3-c3ccccc32)CCN(CC(=O)NCCOCCOCCNC(=O)OCC2c3ccccc3-c3ccccc32)CCN(CC(=O)NCCOCCOCCNC(=O)OCC2c3ccccc3-c3ccccc32)CC1. The zero-order chi connectivity index (χ0) is 85.8. The van der Waals surface area contributed by atoms with Crippen molar-refractivity contribution in [2.45, 2.75) is 44.1 Å². The van der Waals surface area contributed by atoms with Gasteiger partial charge in [0.2, 0.25) is 23.6 Å². The van der Waals surface area contributed by atoms with E-state index in [1.54, 1.807) is 20.8 Å². The van der Waals surface area contributed by atoms with E-state index in [1.165, 1.54) is 0 Å². The molecule has 10 rings (SSSR count). The summed E-state index contributed by atoms with van der Waals surface area (Å²) in [4.78, 5) is 113. The summed E-state index contributed by atoms with van der Waals surface area (Å²) < 4.78 is 67.9. The molecule has 0 saturated carbocycles. The van der Waals surface area contributed by atoms with Crippen molar-refractivity contribution in [2.24, 2.45) is 0 Å². The number of alkyl carbamates (subject to hydrolysis) is 4. The molecule has 0 atom stereocenters. The summed E-state index contributed by atoms with van der Waals surface area (Å²) in [7, 11) is 0. The van der Waals surface area contributed by atoms with Gasteiger partial charge in [-0.2, -0.15) is 0 Å². The third kappa shape index (κ3) is 32.6. The lowest BCUT2D eigenvalue weighted by Crippen LogP contribution is -2.51. The first-order chi connectivity index (χ1) is 59.5. The van der Waals surface area contributed by atoms with E-state index in [0.29, 0.717) is 52.4 Å². The molecule has 8 N–H and O–H groups in total. The largest absolute Gasteiger partial charge is 0.449 e. The number of hydrogen-bond acceptors (Lipinski definition) is 24. The van der Waals surface area contributed by atoms with Gasteiger partial charge >= 0.3 is 24.4 Å². The monoisotopic (exact) mass is 1690 g/mol. The van der Waals surface area contributed by atoms with E-state index in [-0.39, 0.29) is 245 Å². The number of fused-ring (bicyclic) bond motifs is 9. The van der Waals surface area contributed by atoms with Gasteiger partial charge in [-0.05, 0) is 87.5 Å². The second-order valence-electron chi connectivity index (χ2n) is 30.6. The summed E-state index contributed by atoms with van der Waals surface area (Å²) in [5, 5.41) is 22.7. The van der Waals surface area contributed by atoms with Gasteiger partial charge in [0.1, 0.15) is 25.4 Å². The Morgan fingerprint density at radius 3 is 0.639 bits per heavy atom. The Kier molecular flexibility index (Phi) is 40.3. The molecule has 32 heteroatoms. The zero-order valence-electron chi connectivity index (χ0n) is 70.6. The number of amides is 8. The first-order valence-electron chi connectivity index (χ1n) is 42.3. The highest BCUT2D eigenvalue weighted by Crippen LogP contribution is 2.47. The Balaban J connectivity index is 0.655. The summed E-state index contributed by atoms with van der Waals surface area (Å²) in [6.45, 7) is 14.7. The Morgan fingerprint density at radius 2 is 0.443 bits per heavy atom. The van der Waals surface area contributed by atoms with Gasteiger partial charge in [-0.25, -0.2) is 19.2 Å². The van der Waals surface area contributed by atoms with Crippen LogP contribution in [0, 0.1) is 0 Å². The highest BCUT2D eigenvalue weighted by atomic mass is 16.6. The Morgan fingerprint density at radius 1 is 0.262 bits per heavy atom. The van der Waals surface area contributed by atoms with Crippen molar-refractivity contribution in [1.29, 1.82) is 0 Å². The highest BCUT2D eigenvalue weighted by molar-refractivity contribution is 5.83. The van der Waals surface area contributed by atoms with Gasteiger partial charge in [-0.1, -0.05) is 146 Å². The van der Waals surface area contributed by atoms with Crippen LogP contribution in [-0.2, 0) is 76.0 Å². The highest BCUT2D eigenvalue weighted by Gasteiger charge is 2.33. The lowest BCUT2D eigenvalue weighted by molar-refractivity contribution is -0.125. The maximum atomic E-state index is 13.8. The third-order valence-electron chi connectivity index (χ3n) is 20.7. The van der Waals surface area contributed by atoms with E-state index in [0.717, 1.165) is 66.8 Å². The lowest BCUT2D eigenvalue weighted by Gasteiger charge is -2.33. The Labute approximate surface area is 714 Å². The molecule has 0 spiro atoms. The molecule has 0 radical (unpaired) electrons. The fraction of sp³-hybridized carbons (Fsp3) is 0.511. The predicted molar refractivity (Wildman–Crippen MR) is 458 cm³/mol. The van der Waals surface area contributed by atoms with Gasteiger partial charge < -0.3 is 99.4 Å². The van der Waals surface area contributed by atoms with Crippen LogP contribution in [0.5, 0.6) is 0 Å². The molecule has 0 bridgehead atoms. The van der Waals surface area contributed by atoms with Crippen molar-refractivity contribution >= 4 is 48.0 Å². The molecule has 0 unspecified atom stereocenters. The van der Waals surface area contributed by atoms with Crippen LogP contribution in [-0.4, -0.2) is 330 Å². The summed E-state index contributed by atoms with van der Waals surface area (Å²) in [5.74, 6) is -1.16. The molecule has 1 aliphatic heterocycles. The normalized spacial score (nSPS) is 14.4. The van der Waals surface area contributed by atoms with Crippen LogP contribution in [0.25, 0.3) is 33.4 Å². The van der Waals surface area contributed by atoms with Crippen molar-refractivity contribution in [3.05, 3.63) is 179 Å². The molecule has 0 aromatic heterocycles. The van der Waals surface area contributed by atoms with Gasteiger partial charge in [0.15, 0.2) is 0 Å². The minimum atomic E-state index is -0.616. The molecule has 3 aliphatic carbocycles. The van der Waals surface area contributed by atoms with E-state index in [1.807, 2.05) is 92.4 Å². The molecule has 6 aromatic rings. The average Bonchev–Trinajstić information content (AvgIpc) is 1.63. The van der Waals surface area contributed by atoms with Gasteiger partial charge in [0.05, 0.1) is 132 Å². The quantitative estimate of drug-likeness (QED) is 0.0162. The van der Waals surface area contributed by atoms with Crippen LogP contribution in [0.4, 0.5) is 19.2 Å². The Bertz CT molecular complexity index is 3950. The molecule has 122 heavy (non-hydrogen) atoms. The average molecular weight is 1690 g/mol. The van der Waals surface area contributed by atoms with Crippen molar-refractivity contribution < 1.29 is 95.2 Å². The lowest BCUT2D eigenvalue weighted by atomic mass is 9.98. The summed E-state index contributed by atoms with van der Waals surface area (Å²) in [6, 6.07) is 48.9. The number of hydrogen-bond donors (Lipinski definition) is 8. The number of ether oxygens (including phenoxy) is 12. The van der Waals surface area contributed by atoms with Crippen molar-refractivity contribution in [1.82, 2.24) is 62.1 Å². The van der Waals surface area contributed by atoms with Crippen LogP contribution in [0.15, 0.2) is 146 Å². The molecular weight excluding hydrogens is 1570 g/mol. The molecule has 1 heterocycles. The van der Waals surface area contributed by atoms with Crippen LogP contribution < -0.4 is 42.5 Å². The van der Waals surface area contributed by atoms with Crippen molar-refractivity contribution in [3.8, 4) is 33.4 Å². The molecule has 32 nitrogen and oxygen atoms in total. The number of rotatable bonds is 50. The third-order valence-corrected chi connectivity index (χ3v) is 20.7. The van der Waals surface area contributed by atoms with Crippen LogP contribution >= 0.6 is 0 Å². The van der Waals surface area contributed by atoms with E-state index >= 15 is 0 Å². The maximum Gasteiger partial charge on any atom is 0.407 e. The fourth-order valence-corrected chi connectivity index (χ4v) is 14.7. The van der Waals surface area contributed by atoms with Crippen LogP contribution in [0.3, 0.4) is 0 Å². The van der Waals surface area contributed by atoms with E-state index < -0.39 is 30.0 Å². The summed E-state index contributed by atoms with van der Waals surface area (Å²) in [6.07, 6.45) is -2.12. The number of carbonyl (C=O) groups is 8. The van der Waals surface area contributed by atoms with Crippen LogP contribution in [0.1, 0.15) is 71.9 Å². The topological polar surface area (TPSA) is 357 Å². The molecule has 662 valence electrons. The maximum absolute atomic E-state index is 13.8. The molecular formula is C90H122N12O20. The van der Waals surface area contributed by atoms with Crippen molar-refractivity contribution in [3.63, 3.8) is 0 Å². The number of nitrogens with zero attached hydrogens (tertiary/aromatic N) is 4. The van der Waals surface area contributed by atoms with E-state index in [4.69, 9.17) is 56.8 Å². The molecule has 6 aromatic carbocycles. The zero-order valence-corrected chi connectivity index (χ0v) is 70.6. The minimum Gasteiger partial charge on any atom is -0.449 e. The van der Waals surface area contributed by atoms with Gasteiger partial charge in [0, 0.05) is 122 Å². The smallest absolute Gasteiger partial charge is 0.407 e. The van der Waals surface area contributed by atoms with Crippen LogP contribution in [0.2, 0.25) is 0 Å². The molecule has 1 saturated heterocycles. The number of benzene rings is 6. The fourth-order valence-electron chi connectivity index (χ4n) is 14.7. The first-order valence-corrected chi connectivity index (χ1v) is 42.3. The minimum absolute atomic E-state index is 0.00248. The second kappa shape index (κ2) is 52.3. The second-order valence-corrected chi connectivity index (χ2v) is 30.6. The number of nitrogens with one attached hydrogen (secondary N) is 8. The number of carbonyl (C=O) groups excluding carboxylic acids is 8. The standard InChI is InChI=1S/C90H122N12O20/c1-90(2,3)122-89(110)98-35-51-118-59-55-114-47-31-94-85(106)63-102-42-40-100(61-83(104)92-29-45-112-53-57-116-49-33-96-87(108)120-65-80-75-24-12-6-18-69(75)70-19-7-13-25-76(70)80)38-36-99(60-82(103)91-28-44-111-52-56-115-48-32-95-86(107)119-64-79-73-22-10-4-16-67(73)68-17-5-11-23-74(68)79)37-39-101(41-43-102)62-84(105)93-30-46-113-54-58-117-50-34-97-88(109)121-66-81-77-26-14-8-20-71(77)72-21-9-15-27-78(72)81/h4-27,79-81H,28-66H2,1-3H3,(H,91,103)(H,92,104)(H,93,105)(H,94,106)(H,95,107)(H,96,108)(H,97,109)(H,98,110). The van der Waals surface area contributed by atoms with Gasteiger partial charge in [0.25, 0.3) is 0 Å². The van der Waals surface area contributed by atoms with E-state index in [9.17, 15) is 38.4 Å². The first kappa shape index (κ1) is 94.1. The molecule has 4 aliphatic rings. The molecule has 1 fully saturated rings. The van der Waals surface area contributed by atoms with E-state index in [2.05, 4.69) is 115 Å².